The molecule has 0 fully saturated rings. The summed E-state index contributed by atoms with van der Waals surface area (Å²) in [5, 5.41) is 20.9. The summed E-state index contributed by atoms with van der Waals surface area (Å²) in [4.78, 5) is 26.1. The molecule has 3 unspecified atom stereocenters. The van der Waals surface area contributed by atoms with Crippen LogP contribution in [0.5, 0.6) is 0 Å². The number of para-hydroxylation sites is 3. The Morgan fingerprint density at radius 1 is 0.190 bits per heavy atom. The summed E-state index contributed by atoms with van der Waals surface area (Å²) in [5.74, 6) is 1.91. The lowest BCUT2D eigenvalue weighted by atomic mass is 9.97. The van der Waals surface area contributed by atoms with Crippen LogP contribution in [0.25, 0.3) is 216 Å². The Morgan fingerprint density at radius 2 is 0.463 bits per heavy atom. The van der Waals surface area contributed by atoms with E-state index in [-0.39, 0.29) is 0 Å². The van der Waals surface area contributed by atoms with Crippen LogP contribution in [-0.4, -0.2) is 38.6 Å². The van der Waals surface area contributed by atoms with Gasteiger partial charge < -0.3 is 18.3 Å². The van der Waals surface area contributed by atoms with E-state index in [0.29, 0.717) is 11.8 Å². The molecular weight excluding hydrogens is 1850 g/mol. The lowest BCUT2D eigenvalue weighted by molar-refractivity contribution is 0.592. The Labute approximate surface area is 847 Å². The van der Waals surface area contributed by atoms with Crippen molar-refractivity contribution in [3.8, 4) is 119 Å². The Bertz CT molecular complexity index is 9120. The standard InChI is InChI=1S/C45H29N2OP.2C44H28N3OP/c48-49(34-19-8-3-9-20-34)42-27-24-30-14-10-11-21-35(30)43(42)38-26-25-37-36-22-12-13-23-41(36)47(44(37)45(38)49)33-28-39(31-15-4-1-5-16-31)46-40(29-33)32-17-6-2-7-18-32;48-49(32-19-8-3-9-20-32)40-27-24-29-14-10-11-21-33(29)41(40)36-26-25-35-34-22-12-13-23-39(34)47(42(35)43(36)49)44-45-37(30-15-4-1-5-16-30)28-38(46-44)31-17-6-2-7-18-31;48-49(32-19-8-3-9-20-32)39-27-24-29-14-10-11-21-33(29)41(39)36-26-25-35-34-22-12-13-23-38(34)47(42(35)43(36)49)40-28-37(30-15-4-1-5-16-30)45-44(46-40)31-17-6-2-7-18-31/h1-29H;2*1-28H. The minimum atomic E-state index is -3.37. The van der Waals surface area contributed by atoms with Crippen molar-refractivity contribution in [2.75, 3.05) is 0 Å². The summed E-state index contributed by atoms with van der Waals surface area (Å²) < 4.78 is 55.7. The van der Waals surface area contributed by atoms with Crippen LogP contribution >= 0.6 is 21.4 Å². The molecule has 9 heterocycles. The van der Waals surface area contributed by atoms with Gasteiger partial charge in [-0.1, -0.05) is 455 Å². The number of nitrogens with zero attached hydrogens (tertiary/aromatic N) is 8. The topological polar surface area (TPSA) is 130 Å². The Morgan fingerprint density at radius 3 is 0.816 bits per heavy atom. The quantitative estimate of drug-likeness (QED) is 0.111. The molecule has 14 heteroatoms. The van der Waals surface area contributed by atoms with Crippen LogP contribution in [0.1, 0.15) is 0 Å². The summed E-state index contributed by atoms with van der Waals surface area (Å²) in [6.07, 6.45) is 0. The molecule has 21 aromatic carbocycles. The van der Waals surface area contributed by atoms with Gasteiger partial charge >= 0.3 is 0 Å². The Balaban J connectivity index is 0.000000107. The Hall–Kier alpha value is -18.2. The van der Waals surface area contributed by atoms with Crippen molar-refractivity contribution < 1.29 is 13.7 Å². The van der Waals surface area contributed by atoms with E-state index in [1.54, 1.807) is 0 Å². The second-order valence-corrected chi connectivity index (χ2v) is 45.7. The van der Waals surface area contributed by atoms with Gasteiger partial charge in [-0.05, 0) is 104 Å². The molecule has 147 heavy (non-hydrogen) atoms. The highest BCUT2D eigenvalue weighted by Gasteiger charge is 2.48. The number of hydrogen-bond acceptors (Lipinski definition) is 8. The third-order valence-corrected chi connectivity index (χ3v) is 39.1. The van der Waals surface area contributed by atoms with Crippen LogP contribution in [0.4, 0.5) is 0 Å². The highest BCUT2D eigenvalue weighted by molar-refractivity contribution is 7.88. The smallest absolute Gasteiger partial charge is 0.235 e. The Kier molecular flexibility index (Phi) is 20.5. The van der Waals surface area contributed by atoms with Gasteiger partial charge in [0, 0.05) is 120 Å². The molecule has 0 aliphatic carbocycles. The number of rotatable bonds is 12. The van der Waals surface area contributed by atoms with Gasteiger partial charge in [-0.3, -0.25) is 9.13 Å². The number of aromatic nitrogens is 8. The van der Waals surface area contributed by atoms with Gasteiger partial charge in [0.15, 0.2) is 27.3 Å². The van der Waals surface area contributed by atoms with Crippen molar-refractivity contribution in [1.29, 1.82) is 0 Å². The van der Waals surface area contributed by atoms with Crippen molar-refractivity contribution in [3.05, 3.63) is 516 Å². The van der Waals surface area contributed by atoms with E-state index in [1.165, 1.54) is 0 Å². The zero-order valence-electron chi connectivity index (χ0n) is 79.2. The van der Waals surface area contributed by atoms with Crippen LogP contribution in [0.3, 0.4) is 0 Å². The number of fused-ring (bicyclic) bond motifs is 27. The van der Waals surface area contributed by atoms with Crippen molar-refractivity contribution in [2.45, 2.75) is 0 Å². The molecule has 0 N–H and O–H groups in total. The molecule has 27 aromatic rings. The highest BCUT2D eigenvalue weighted by atomic mass is 31.2. The molecular formula is C133H85N8O3P3. The molecule has 0 saturated carbocycles. The van der Waals surface area contributed by atoms with E-state index in [2.05, 4.69) is 341 Å². The van der Waals surface area contributed by atoms with Gasteiger partial charge in [0.2, 0.25) is 5.95 Å². The van der Waals surface area contributed by atoms with Gasteiger partial charge in [0.25, 0.3) is 0 Å². The summed E-state index contributed by atoms with van der Waals surface area (Å²) in [6.45, 7) is 0. The van der Waals surface area contributed by atoms with Gasteiger partial charge in [-0.15, -0.1) is 0 Å². The third kappa shape index (κ3) is 13.7. The maximum absolute atomic E-state index is 16.3. The van der Waals surface area contributed by atoms with E-state index in [4.69, 9.17) is 24.9 Å². The number of hydrogen-bond donors (Lipinski definition) is 0. The molecule has 690 valence electrons. The molecule has 0 spiro atoms. The average Bonchev–Trinajstić information content (AvgIpc) is 1.53. The van der Waals surface area contributed by atoms with Gasteiger partial charge in [-0.25, -0.2) is 24.9 Å². The second-order valence-electron chi connectivity index (χ2n) is 37.7. The SMILES string of the molecule is O=P1(c2ccccc2)c2ccc3ccccc3c2-c2ccc3c4ccccc4n(-c4cc(-c5ccccc5)nc(-c5ccccc5)c4)c3c21.O=P1(c2ccccc2)c2ccc3ccccc3c2-c2ccc3c4ccccc4n(-c4cc(-c5ccccc5)nc(-c5ccccc5)n4)c3c21.O=P1(c2ccccc2)c2ccc3ccccc3c2-c2ccc3c4ccccc4n(-c4nc(-c5ccccc5)cc(-c5ccccc5)n4)c3c21. The van der Waals surface area contributed by atoms with E-state index >= 15 is 13.7 Å². The molecule has 0 radical (unpaired) electrons. The summed E-state index contributed by atoms with van der Waals surface area (Å²) >= 11 is 0. The maximum atomic E-state index is 16.3. The van der Waals surface area contributed by atoms with Crippen molar-refractivity contribution >= 4 is 167 Å². The predicted molar refractivity (Wildman–Crippen MR) is 612 cm³/mol. The molecule has 0 amide bonds. The van der Waals surface area contributed by atoms with Crippen LogP contribution < -0.4 is 47.7 Å². The highest BCUT2D eigenvalue weighted by Crippen LogP contribution is 2.61. The number of benzene rings is 21. The molecule has 30 rings (SSSR count). The largest absolute Gasteiger partial charge is 0.309 e. The van der Waals surface area contributed by atoms with E-state index in [9.17, 15) is 0 Å². The molecule has 3 aliphatic heterocycles. The zero-order chi connectivity index (χ0) is 97.6. The molecule has 0 saturated heterocycles. The first-order valence-electron chi connectivity index (χ1n) is 49.5. The van der Waals surface area contributed by atoms with Crippen molar-refractivity contribution in [2.24, 2.45) is 0 Å². The van der Waals surface area contributed by atoms with E-state index in [0.717, 1.165) is 252 Å². The minimum absolute atomic E-state index is 0.542. The van der Waals surface area contributed by atoms with Crippen molar-refractivity contribution in [1.82, 2.24) is 38.6 Å². The van der Waals surface area contributed by atoms with Crippen LogP contribution in [0.15, 0.2) is 516 Å². The summed E-state index contributed by atoms with van der Waals surface area (Å²) in [7, 11) is -10.1. The normalized spacial score (nSPS) is 15.1. The fraction of sp³-hybridized carbons (Fsp3) is 0. The third-order valence-electron chi connectivity index (χ3n) is 29.6. The van der Waals surface area contributed by atoms with Crippen LogP contribution in [0.2, 0.25) is 0 Å². The zero-order valence-corrected chi connectivity index (χ0v) is 81.9. The first kappa shape index (κ1) is 86.7. The van der Waals surface area contributed by atoms with E-state index < -0.39 is 21.4 Å². The molecule has 6 aromatic heterocycles. The first-order chi connectivity index (χ1) is 72.6. The fourth-order valence-electron chi connectivity index (χ4n) is 23.1. The van der Waals surface area contributed by atoms with Crippen molar-refractivity contribution in [3.63, 3.8) is 0 Å². The van der Waals surface area contributed by atoms with Gasteiger partial charge in [0.1, 0.15) is 5.82 Å². The fourth-order valence-corrected chi connectivity index (χ4v) is 32.9. The van der Waals surface area contributed by atoms with Crippen LogP contribution in [-0.2, 0) is 13.7 Å². The first-order valence-corrected chi connectivity index (χ1v) is 54.6. The summed E-state index contributed by atoms with van der Waals surface area (Å²) in [6, 6.07) is 177. The average molecular weight is 1940 g/mol. The van der Waals surface area contributed by atoms with Crippen LogP contribution in [0, 0.1) is 0 Å². The second kappa shape index (κ2) is 34.9. The summed E-state index contributed by atoms with van der Waals surface area (Å²) in [5.41, 5.74) is 23.3. The lowest BCUT2D eigenvalue weighted by Gasteiger charge is -2.19. The lowest BCUT2D eigenvalue weighted by Crippen LogP contribution is -2.22. The van der Waals surface area contributed by atoms with E-state index in [1.807, 2.05) is 188 Å². The molecule has 3 atom stereocenters. The monoisotopic (exact) mass is 1930 g/mol. The van der Waals surface area contributed by atoms with Gasteiger partial charge in [-0.2, -0.15) is 0 Å². The molecule has 3 aliphatic rings. The van der Waals surface area contributed by atoms with Gasteiger partial charge in [0.05, 0.1) is 83.2 Å². The minimum Gasteiger partial charge on any atom is -0.309 e. The number of pyridine rings is 1. The molecule has 11 nitrogen and oxygen atoms in total. The molecule has 0 bridgehead atoms. The predicted octanol–water partition coefficient (Wildman–Crippen LogP) is 29.6. The maximum Gasteiger partial charge on any atom is 0.235 e.